The standard InChI is InChI=1S/C12H12BrClN2/c13-9-6-3-7-10-11(9)15-12(14)16(10)8-4-1-2-5-8/h3,6-8H,1-2,4-5H2. The average Bonchev–Trinajstić information content (AvgIpc) is 2.85. The van der Waals surface area contributed by atoms with E-state index in [1.165, 1.54) is 25.7 Å². The Kier molecular flexibility index (Phi) is 2.68. The van der Waals surface area contributed by atoms with Crippen LogP contribution in [-0.4, -0.2) is 9.55 Å². The highest BCUT2D eigenvalue weighted by Crippen LogP contribution is 2.36. The van der Waals surface area contributed by atoms with Gasteiger partial charge in [0.2, 0.25) is 5.28 Å². The molecule has 1 heterocycles. The van der Waals surface area contributed by atoms with E-state index in [2.05, 4.69) is 31.5 Å². The first-order valence-corrected chi connectivity index (χ1v) is 6.76. The van der Waals surface area contributed by atoms with Crippen LogP contribution in [0.3, 0.4) is 0 Å². The Balaban J connectivity index is 2.22. The van der Waals surface area contributed by atoms with Gasteiger partial charge in [0.25, 0.3) is 0 Å². The zero-order chi connectivity index (χ0) is 11.1. The minimum atomic E-state index is 0.534. The fraction of sp³-hybridized carbons (Fsp3) is 0.417. The Labute approximate surface area is 108 Å². The van der Waals surface area contributed by atoms with Gasteiger partial charge in [-0.05, 0) is 52.5 Å². The lowest BCUT2D eigenvalue weighted by molar-refractivity contribution is 0.533. The van der Waals surface area contributed by atoms with Gasteiger partial charge in [0.15, 0.2) is 0 Å². The van der Waals surface area contributed by atoms with Crippen LogP contribution in [0.5, 0.6) is 0 Å². The molecule has 2 aromatic rings. The summed E-state index contributed by atoms with van der Waals surface area (Å²) < 4.78 is 3.21. The predicted molar refractivity (Wildman–Crippen MR) is 69.9 cm³/mol. The number of rotatable bonds is 1. The Morgan fingerprint density at radius 3 is 2.81 bits per heavy atom. The number of hydrogen-bond acceptors (Lipinski definition) is 1. The van der Waals surface area contributed by atoms with E-state index in [0.717, 1.165) is 15.5 Å². The van der Waals surface area contributed by atoms with E-state index in [0.29, 0.717) is 11.3 Å². The fourth-order valence-corrected chi connectivity index (χ4v) is 3.32. The maximum absolute atomic E-state index is 6.25. The molecular formula is C12H12BrClN2. The van der Waals surface area contributed by atoms with E-state index in [4.69, 9.17) is 11.6 Å². The zero-order valence-corrected chi connectivity index (χ0v) is 11.1. The van der Waals surface area contributed by atoms with Crippen LogP contribution in [0.15, 0.2) is 22.7 Å². The van der Waals surface area contributed by atoms with Gasteiger partial charge in [-0.2, -0.15) is 0 Å². The molecule has 1 aromatic carbocycles. The van der Waals surface area contributed by atoms with Crippen LogP contribution >= 0.6 is 27.5 Å². The molecule has 0 amide bonds. The van der Waals surface area contributed by atoms with Gasteiger partial charge in [-0.1, -0.05) is 18.9 Å². The summed E-state index contributed by atoms with van der Waals surface area (Å²) in [6, 6.07) is 6.67. The van der Waals surface area contributed by atoms with Gasteiger partial charge in [-0.25, -0.2) is 4.98 Å². The topological polar surface area (TPSA) is 17.8 Å². The van der Waals surface area contributed by atoms with Crippen molar-refractivity contribution in [1.82, 2.24) is 9.55 Å². The second-order valence-electron chi connectivity index (χ2n) is 4.30. The number of aromatic nitrogens is 2. The summed E-state index contributed by atoms with van der Waals surface area (Å²) in [6.45, 7) is 0. The number of para-hydroxylation sites is 1. The quantitative estimate of drug-likeness (QED) is 0.754. The highest BCUT2D eigenvalue weighted by molar-refractivity contribution is 9.10. The third-order valence-electron chi connectivity index (χ3n) is 3.32. The Bertz CT molecular complexity index is 529. The molecule has 0 radical (unpaired) electrons. The van der Waals surface area contributed by atoms with E-state index in [1.54, 1.807) is 0 Å². The van der Waals surface area contributed by atoms with Gasteiger partial charge < -0.3 is 4.57 Å². The second-order valence-corrected chi connectivity index (χ2v) is 5.49. The number of halogens is 2. The molecule has 1 aromatic heterocycles. The molecule has 84 valence electrons. The van der Waals surface area contributed by atoms with Crippen LogP contribution in [0.1, 0.15) is 31.7 Å². The normalized spacial score (nSPS) is 17.4. The number of nitrogens with zero attached hydrogens (tertiary/aromatic N) is 2. The summed E-state index contributed by atoms with van der Waals surface area (Å²) in [6.07, 6.45) is 5.04. The zero-order valence-electron chi connectivity index (χ0n) is 8.79. The summed E-state index contributed by atoms with van der Waals surface area (Å²) in [5.74, 6) is 0. The molecule has 0 spiro atoms. The third kappa shape index (κ3) is 1.57. The van der Waals surface area contributed by atoms with Gasteiger partial charge >= 0.3 is 0 Å². The molecule has 2 nitrogen and oxygen atoms in total. The summed E-state index contributed by atoms with van der Waals surface area (Å²) >= 11 is 9.77. The van der Waals surface area contributed by atoms with Crippen molar-refractivity contribution in [3.63, 3.8) is 0 Å². The highest BCUT2D eigenvalue weighted by atomic mass is 79.9. The third-order valence-corrected chi connectivity index (χ3v) is 4.22. The molecular weight excluding hydrogens is 288 g/mol. The lowest BCUT2D eigenvalue weighted by Crippen LogP contribution is -2.04. The van der Waals surface area contributed by atoms with Crippen LogP contribution < -0.4 is 0 Å². The Morgan fingerprint density at radius 2 is 2.06 bits per heavy atom. The van der Waals surface area contributed by atoms with E-state index in [-0.39, 0.29) is 0 Å². The molecule has 1 aliphatic carbocycles. The van der Waals surface area contributed by atoms with Crippen LogP contribution in [0.25, 0.3) is 11.0 Å². The number of fused-ring (bicyclic) bond motifs is 1. The monoisotopic (exact) mass is 298 g/mol. The van der Waals surface area contributed by atoms with Crippen molar-refractivity contribution >= 4 is 38.6 Å². The van der Waals surface area contributed by atoms with Crippen molar-refractivity contribution in [1.29, 1.82) is 0 Å². The molecule has 16 heavy (non-hydrogen) atoms. The van der Waals surface area contributed by atoms with Crippen LogP contribution in [-0.2, 0) is 0 Å². The van der Waals surface area contributed by atoms with Gasteiger partial charge in [-0.3, -0.25) is 0 Å². The number of hydrogen-bond donors (Lipinski definition) is 0. The van der Waals surface area contributed by atoms with E-state index >= 15 is 0 Å². The first kappa shape index (κ1) is 10.6. The molecule has 1 fully saturated rings. The van der Waals surface area contributed by atoms with E-state index in [9.17, 15) is 0 Å². The highest BCUT2D eigenvalue weighted by Gasteiger charge is 2.22. The van der Waals surface area contributed by atoms with Crippen molar-refractivity contribution in [2.45, 2.75) is 31.7 Å². The minimum Gasteiger partial charge on any atom is -0.311 e. The van der Waals surface area contributed by atoms with Crippen molar-refractivity contribution in [2.24, 2.45) is 0 Å². The number of benzene rings is 1. The molecule has 0 aliphatic heterocycles. The summed E-state index contributed by atoms with van der Waals surface area (Å²) in [5.41, 5.74) is 2.12. The predicted octanol–water partition coefficient (Wildman–Crippen LogP) is 4.57. The van der Waals surface area contributed by atoms with E-state index < -0.39 is 0 Å². The molecule has 1 saturated carbocycles. The molecule has 4 heteroatoms. The molecule has 1 aliphatic rings. The molecule has 0 bridgehead atoms. The van der Waals surface area contributed by atoms with Gasteiger partial charge in [0.1, 0.15) is 5.52 Å². The van der Waals surface area contributed by atoms with Crippen LogP contribution in [0.4, 0.5) is 0 Å². The number of imidazole rings is 1. The average molecular weight is 300 g/mol. The summed E-state index contributed by atoms with van der Waals surface area (Å²) in [7, 11) is 0. The smallest absolute Gasteiger partial charge is 0.204 e. The van der Waals surface area contributed by atoms with Crippen LogP contribution in [0.2, 0.25) is 5.28 Å². The molecule has 0 unspecified atom stereocenters. The van der Waals surface area contributed by atoms with Crippen molar-refractivity contribution in [3.05, 3.63) is 28.0 Å². The fourth-order valence-electron chi connectivity index (χ4n) is 2.56. The maximum Gasteiger partial charge on any atom is 0.204 e. The van der Waals surface area contributed by atoms with Crippen LogP contribution in [0, 0.1) is 0 Å². The molecule has 0 N–H and O–H groups in total. The lowest BCUT2D eigenvalue weighted by atomic mass is 10.2. The van der Waals surface area contributed by atoms with E-state index in [1.807, 2.05) is 12.1 Å². The molecule has 0 atom stereocenters. The largest absolute Gasteiger partial charge is 0.311 e. The van der Waals surface area contributed by atoms with Gasteiger partial charge in [0, 0.05) is 10.5 Å². The lowest BCUT2D eigenvalue weighted by Gasteiger charge is -2.13. The molecule has 0 saturated heterocycles. The first-order chi connectivity index (χ1) is 7.77. The first-order valence-electron chi connectivity index (χ1n) is 5.59. The van der Waals surface area contributed by atoms with Gasteiger partial charge in [0.05, 0.1) is 5.52 Å². The van der Waals surface area contributed by atoms with Crippen molar-refractivity contribution in [3.8, 4) is 0 Å². The second kappa shape index (κ2) is 4.04. The Hall–Kier alpha value is -0.540. The maximum atomic E-state index is 6.25. The summed E-state index contributed by atoms with van der Waals surface area (Å²) in [5, 5.41) is 0.619. The SMILES string of the molecule is Clc1nc2c(Br)cccc2n1C1CCCC1. The Morgan fingerprint density at radius 1 is 1.31 bits per heavy atom. The minimum absolute atomic E-state index is 0.534. The van der Waals surface area contributed by atoms with Gasteiger partial charge in [-0.15, -0.1) is 0 Å². The van der Waals surface area contributed by atoms with Crippen molar-refractivity contribution < 1.29 is 0 Å². The van der Waals surface area contributed by atoms with Crippen molar-refractivity contribution in [2.75, 3.05) is 0 Å². The molecule has 3 rings (SSSR count). The summed E-state index contributed by atoms with van der Waals surface area (Å²) in [4.78, 5) is 4.44.